The summed E-state index contributed by atoms with van der Waals surface area (Å²) in [7, 11) is -9.09. The van der Waals surface area contributed by atoms with Crippen molar-refractivity contribution >= 4 is 48.3 Å². The summed E-state index contributed by atoms with van der Waals surface area (Å²) < 4.78 is 76.0. The standard InChI is InChI=1S/C37H34N2O7S2/c1-20-15-21(2)35(22(3)16-20)38-26-11-13-28-31(18-26)46-32-19-27(39-36-23(4)17-24(5)37(25(36)6)48(43,44)45)12-14-29(32)34(28)30-9-7-8-10-33(30)47(40,41)42/h7-19,38H,1-6H3,(H,40,41,42)(H,43,44,45)/b39-27+. The maximum atomic E-state index is 12.5. The van der Waals surface area contributed by atoms with Crippen LogP contribution in [0.1, 0.15) is 33.4 Å². The Balaban J connectivity index is 1.64. The SMILES string of the molecule is Cc1cc(C)c(Nc2ccc3c(-c4ccccc4S(=O)(=O)O)c4cc/c(=N\c5c(C)cc(C)c(S(=O)(=O)O)c5C)cc-4oc3c2)c(C)c1. The Hall–Kier alpha value is -4.81. The first-order chi connectivity index (χ1) is 22.5. The molecule has 0 bridgehead atoms. The number of hydrogen-bond donors (Lipinski definition) is 3. The van der Waals surface area contributed by atoms with Gasteiger partial charge < -0.3 is 9.73 Å². The van der Waals surface area contributed by atoms with Crippen molar-refractivity contribution in [2.75, 3.05) is 5.32 Å². The molecule has 0 atom stereocenters. The highest BCUT2D eigenvalue weighted by atomic mass is 32.2. The molecule has 2 aliphatic rings. The van der Waals surface area contributed by atoms with Gasteiger partial charge in [-0.05, 0) is 99.7 Å². The number of nitrogens with zero attached hydrogens (tertiary/aromatic N) is 1. The van der Waals surface area contributed by atoms with E-state index in [0.717, 1.165) is 28.1 Å². The zero-order valence-corrected chi connectivity index (χ0v) is 28.8. The van der Waals surface area contributed by atoms with Gasteiger partial charge >= 0.3 is 0 Å². The lowest BCUT2D eigenvalue weighted by Crippen LogP contribution is -2.07. The third-order valence-corrected chi connectivity index (χ3v) is 10.5. The molecule has 0 amide bonds. The molecular weight excluding hydrogens is 649 g/mol. The summed E-state index contributed by atoms with van der Waals surface area (Å²) in [4.78, 5) is 4.33. The highest BCUT2D eigenvalue weighted by Crippen LogP contribution is 2.43. The van der Waals surface area contributed by atoms with Crippen molar-refractivity contribution in [2.45, 2.75) is 51.3 Å². The molecule has 6 rings (SSSR count). The van der Waals surface area contributed by atoms with E-state index in [1.165, 1.54) is 6.07 Å². The third kappa shape index (κ3) is 6.13. The molecule has 4 aromatic carbocycles. The molecule has 0 fully saturated rings. The fraction of sp³-hybridized carbons (Fsp3) is 0.162. The molecule has 0 aromatic heterocycles. The minimum atomic E-state index is -4.59. The zero-order valence-electron chi connectivity index (χ0n) is 27.2. The van der Waals surface area contributed by atoms with E-state index in [1.807, 2.05) is 45.9 Å². The van der Waals surface area contributed by atoms with Crippen LogP contribution < -0.4 is 10.7 Å². The Kier molecular flexibility index (Phi) is 8.29. The van der Waals surface area contributed by atoms with Crippen LogP contribution >= 0.6 is 0 Å². The Bertz CT molecular complexity index is 2530. The average Bonchev–Trinajstić information content (AvgIpc) is 2.98. The number of hydrogen-bond acceptors (Lipinski definition) is 7. The molecule has 11 heteroatoms. The molecule has 48 heavy (non-hydrogen) atoms. The van der Waals surface area contributed by atoms with E-state index in [2.05, 4.69) is 17.4 Å². The number of rotatable bonds is 6. The van der Waals surface area contributed by atoms with Gasteiger partial charge in [-0.2, -0.15) is 16.8 Å². The van der Waals surface area contributed by atoms with Crippen molar-refractivity contribution in [2.24, 2.45) is 4.99 Å². The van der Waals surface area contributed by atoms with Gasteiger partial charge in [-0.3, -0.25) is 9.11 Å². The number of fused-ring (bicyclic) bond motifs is 2. The monoisotopic (exact) mass is 682 g/mol. The molecule has 246 valence electrons. The van der Waals surface area contributed by atoms with Crippen LogP contribution in [0.4, 0.5) is 17.1 Å². The first-order valence-corrected chi connectivity index (χ1v) is 18.0. The summed E-state index contributed by atoms with van der Waals surface area (Å²) in [5, 5.41) is 4.56. The molecule has 1 heterocycles. The van der Waals surface area contributed by atoms with E-state index in [-0.39, 0.29) is 9.79 Å². The summed E-state index contributed by atoms with van der Waals surface area (Å²) in [5.74, 6) is 0.376. The summed E-state index contributed by atoms with van der Waals surface area (Å²) in [5.41, 5.74) is 8.71. The van der Waals surface area contributed by atoms with Gasteiger partial charge in [0.15, 0.2) is 0 Å². The summed E-state index contributed by atoms with van der Waals surface area (Å²) in [6.07, 6.45) is 0. The first kappa shape index (κ1) is 33.1. The normalized spacial score (nSPS) is 12.6. The molecule has 0 radical (unpaired) electrons. The quantitative estimate of drug-likeness (QED) is 0.117. The third-order valence-electron chi connectivity index (χ3n) is 8.45. The number of aryl methyl sites for hydroxylation is 5. The van der Waals surface area contributed by atoms with E-state index >= 15 is 0 Å². The van der Waals surface area contributed by atoms with Crippen LogP contribution in [-0.2, 0) is 20.2 Å². The van der Waals surface area contributed by atoms with Gasteiger partial charge in [0.2, 0.25) is 0 Å². The summed E-state index contributed by atoms with van der Waals surface area (Å²) >= 11 is 0. The van der Waals surface area contributed by atoms with Crippen molar-refractivity contribution in [1.82, 2.24) is 0 Å². The van der Waals surface area contributed by atoms with Crippen molar-refractivity contribution in [3.05, 3.63) is 118 Å². The van der Waals surface area contributed by atoms with Crippen molar-refractivity contribution in [3.63, 3.8) is 0 Å². The lowest BCUT2D eigenvalue weighted by molar-refractivity contribution is 0.480. The van der Waals surface area contributed by atoms with E-state index in [0.29, 0.717) is 61.2 Å². The molecule has 4 aromatic rings. The van der Waals surface area contributed by atoms with Gasteiger partial charge in [0.25, 0.3) is 20.2 Å². The van der Waals surface area contributed by atoms with E-state index in [1.54, 1.807) is 56.3 Å². The second-order valence-electron chi connectivity index (χ2n) is 12.1. The molecule has 0 saturated heterocycles. The molecule has 1 aliphatic carbocycles. The molecule has 3 N–H and O–H groups in total. The van der Waals surface area contributed by atoms with E-state index < -0.39 is 20.2 Å². The lowest BCUT2D eigenvalue weighted by atomic mass is 9.93. The van der Waals surface area contributed by atoms with Crippen LogP contribution in [0.3, 0.4) is 0 Å². The molecular formula is C37H34N2O7S2. The van der Waals surface area contributed by atoms with Crippen molar-refractivity contribution in [3.8, 4) is 22.5 Å². The topological polar surface area (TPSA) is 146 Å². The fourth-order valence-electron chi connectivity index (χ4n) is 6.59. The van der Waals surface area contributed by atoms with Crippen LogP contribution in [0.5, 0.6) is 0 Å². The predicted molar refractivity (Wildman–Crippen MR) is 188 cm³/mol. The second kappa shape index (κ2) is 12.0. The Morgan fingerprint density at radius 1 is 0.688 bits per heavy atom. The maximum absolute atomic E-state index is 12.5. The fourth-order valence-corrected chi connectivity index (χ4v) is 8.24. The Morgan fingerprint density at radius 2 is 1.38 bits per heavy atom. The minimum absolute atomic E-state index is 0.188. The van der Waals surface area contributed by atoms with E-state index in [4.69, 9.17) is 9.41 Å². The Morgan fingerprint density at radius 3 is 2.04 bits per heavy atom. The largest absolute Gasteiger partial charge is 0.456 e. The van der Waals surface area contributed by atoms with Crippen molar-refractivity contribution < 1.29 is 30.4 Å². The van der Waals surface area contributed by atoms with Crippen LogP contribution in [0.15, 0.2) is 98.1 Å². The van der Waals surface area contributed by atoms with Crippen molar-refractivity contribution in [1.29, 1.82) is 0 Å². The molecule has 1 aliphatic heterocycles. The van der Waals surface area contributed by atoms with Gasteiger partial charge in [0.1, 0.15) is 21.1 Å². The van der Waals surface area contributed by atoms with Gasteiger partial charge in [-0.25, -0.2) is 4.99 Å². The van der Waals surface area contributed by atoms with Crippen LogP contribution in [0, 0.1) is 41.5 Å². The highest BCUT2D eigenvalue weighted by molar-refractivity contribution is 7.86. The number of benzene rings is 5. The molecule has 0 unspecified atom stereocenters. The lowest BCUT2D eigenvalue weighted by Gasteiger charge is -2.19. The van der Waals surface area contributed by atoms with Crippen LogP contribution in [-0.4, -0.2) is 25.9 Å². The predicted octanol–water partition coefficient (Wildman–Crippen LogP) is 8.52. The van der Waals surface area contributed by atoms with Crippen LogP contribution in [0.2, 0.25) is 0 Å². The average molecular weight is 683 g/mol. The Labute approximate surface area is 279 Å². The molecule has 9 nitrogen and oxygen atoms in total. The van der Waals surface area contributed by atoms with Gasteiger partial charge in [-0.1, -0.05) is 42.0 Å². The zero-order chi connectivity index (χ0) is 34.7. The highest BCUT2D eigenvalue weighted by Gasteiger charge is 2.24. The summed E-state index contributed by atoms with van der Waals surface area (Å²) in [6, 6.07) is 22.8. The molecule has 0 saturated carbocycles. The second-order valence-corrected chi connectivity index (χ2v) is 14.9. The minimum Gasteiger partial charge on any atom is -0.456 e. The van der Waals surface area contributed by atoms with Crippen LogP contribution in [0.25, 0.3) is 33.4 Å². The maximum Gasteiger partial charge on any atom is 0.295 e. The van der Waals surface area contributed by atoms with Gasteiger partial charge in [0.05, 0.1) is 11.0 Å². The first-order valence-electron chi connectivity index (χ1n) is 15.1. The van der Waals surface area contributed by atoms with Gasteiger partial charge in [-0.15, -0.1) is 0 Å². The van der Waals surface area contributed by atoms with Gasteiger partial charge in [0, 0.05) is 45.6 Å². The number of nitrogens with one attached hydrogen (secondary N) is 1. The summed E-state index contributed by atoms with van der Waals surface area (Å²) in [6.45, 7) is 11.1. The van der Waals surface area contributed by atoms with E-state index in [9.17, 15) is 25.9 Å². The number of anilines is 2. The smallest absolute Gasteiger partial charge is 0.295 e. The molecule has 0 spiro atoms.